The van der Waals surface area contributed by atoms with Crippen LogP contribution in [0.4, 0.5) is 10.1 Å². The molecule has 0 spiro atoms. The van der Waals surface area contributed by atoms with E-state index in [-0.39, 0.29) is 22.5 Å². The molecule has 3 N–H and O–H groups in total. The van der Waals surface area contributed by atoms with Crippen LogP contribution in [0.25, 0.3) is 5.69 Å². The predicted molar refractivity (Wildman–Crippen MR) is 74.2 cm³/mol. The van der Waals surface area contributed by atoms with Crippen LogP contribution in [0.2, 0.25) is 0 Å². The van der Waals surface area contributed by atoms with Crippen LogP contribution in [0.15, 0.2) is 23.0 Å². The first-order valence-corrected chi connectivity index (χ1v) is 6.09. The largest absolute Gasteiger partial charge is 0.393 e. The van der Waals surface area contributed by atoms with Gasteiger partial charge in [0.1, 0.15) is 11.5 Å². The van der Waals surface area contributed by atoms with E-state index < -0.39 is 0 Å². The van der Waals surface area contributed by atoms with Crippen LogP contribution in [0.1, 0.15) is 32.0 Å². The Labute approximate surface area is 111 Å². The van der Waals surface area contributed by atoms with Crippen molar-refractivity contribution in [2.45, 2.75) is 33.1 Å². The summed E-state index contributed by atoms with van der Waals surface area (Å²) in [5.41, 5.74) is 7.46. The molecule has 0 amide bonds. The van der Waals surface area contributed by atoms with E-state index in [0.29, 0.717) is 16.9 Å². The highest BCUT2D eigenvalue weighted by atomic mass is 19.1. The number of hydrogen-bond acceptors (Lipinski definition) is 2. The molecule has 19 heavy (non-hydrogen) atoms. The quantitative estimate of drug-likeness (QED) is 0.830. The lowest BCUT2D eigenvalue weighted by atomic mass is 9.91. The van der Waals surface area contributed by atoms with Crippen LogP contribution in [0.3, 0.4) is 0 Å². The maximum absolute atomic E-state index is 13.1. The third-order valence-corrected chi connectivity index (χ3v) is 3.08. The molecule has 0 unspecified atom stereocenters. The molecule has 0 aliphatic heterocycles. The average Bonchev–Trinajstić information content (AvgIpc) is 2.56. The van der Waals surface area contributed by atoms with E-state index in [1.165, 1.54) is 16.8 Å². The Kier molecular flexibility index (Phi) is 3.00. The fourth-order valence-corrected chi connectivity index (χ4v) is 2.06. The number of anilines is 1. The van der Waals surface area contributed by atoms with Crippen LogP contribution in [0.5, 0.6) is 0 Å². The van der Waals surface area contributed by atoms with E-state index in [1.807, 2.05) is 20.8 Å². The fourth-order valence-electron chi connectivity index (χ4n) is 2.06. The number of hydrogen-bond donors (Lipinski definition) is 2. The Morgan fingerprint density at radius 2 is 1.95 bits per heavy atom. The molecular formula is C14H18FN3O. The highest BCUT2D eigenvalue weighted by Gasteiger charge is 2.23. The minimum absolute atomic E-state index is 0.205. The first-order valence-electron chi connectivity index (χ1n) is 6.09. The molecule has 1 aromatic carbocycles. The van der Waals surface area contributed by atoms with Crippen molar-refractivity contribution in [3.63, 3.8) is 0 Å². The van der Waals surface area contributed by atoms with E-state index in [9.17, 15) is 9.18 Å². The summed E-state index contributed by atoms with van der Waals surface area (Å²) in [5, 5.41) is 3.02. The molecule has 0 saturated carbocycles. The maximum Gasteiger partial charge on any atom is 0.294 e. The monoisotopic (exact) mass is 263 g/mol. The zero-order valence-electron chi connectivity index (χ0n) is 11.5. The molecule has 1 heterocycles. The number of nitrogens with zero attached hydrogens (tertiary/aromatic N) is 1. The second-order valence-corrected chi connectivity index (χ2v) is 5.72. The molecule has 2 aromatic rings. The summed E-state index contributed by atoms with van der Waals surface area (Å²) in [4.78, 5) is 12.2. The van der Waals surface area contributed by atoms with Gasteiger partial charge in [0.05, 0.1) is 11.4 Å². The second kappa shape index (κ2) is 4.26. The topological polar surface area (TPSA) is 63.8 Å². The number of halogens is 1. The van der Waals surface area contributed by atoms with Crippen LogP contribution in [-0.4, -0.2) is 9.78 Å². The van der Waals surface area contributed by atoms with Gasteiger partial charge >= 0.3 is 0 Å². The van der Waals surface area contributed by atoms with Gasteiger partial charge in [0.15, 0.2) is 0 Å². The number of aromatic nitrogens is 2. The van der Waals surface area contributed by atoms with E-state index in [1.54, 1.807) is 13.0 Å². The van der Waals surface area contributed by atoms with E-state index in [2.05, 4.69) is 5.10 Å². The van der Waals surface area contributed by atoms with Crippen molar-refractivity contribution in [2.24, 2.45) is 0 Å². The lowest BCUT2D eigenvalue weighted by molar-refractivity contribution is 0.561. The maximum atomic E-state index is 13.1. The van der Waals surface area contributed by atoms with Crippen molar-refractivity contribution in [1.82, 2.24) is 9.78 Å². The number of nitrogens with one attached hydrogen (secondary N) is 1. The standard InChI is InChI=1S/C14H18FN3O/c1-8-7-9(15)5-6-10(8)18-13(19)11(16)12(17-18)14(2,3)4/h5-7,17H,16H2,1-4H3. The molecule has 5 heteroatoms. The molecule has 0 fully saturated rings. The minimum Gasteiger partial charge on any atom is -0.393 e. The predicted octanol–water partition coefficient (Wildman–Crippen LogP) is 2.49. The molecule has 0 radical (unpaired) electrons. The Balaban J connectivity index is 2.68. The van der Waals surface area contributed by atoms with Gasteiger partial charge in [0, 0.05) is 5.41 Å². The van der Waals surface area contributed by atoms with Gasteiger partial charge in [0.2, 0.25) is 0 Å². The van der Waals surface area contributed by atoms with Gasteiger partial charge in [-0.15, -0.1) is 0 Å². The van der Waals surface area contributed by atoms with Gasteiger partial charge in [-0.2, -0.15) is 0 Å². The number of aryl methyl sites for hydroxylation is 1. The fraction of sp³-hybridized carbons (Fsp3) is 0.357. The van der Waals surface area contributed by atoms with Crippen molar-refractivity contribution in [3.8, 4) is 5.69 Å². The molecule has 1 aromatic heterocycles. The highest BCUT2D eigenvalue weighted by molar-refractivity contribution is 5.49. The first kappa shape index (κ1) is 13.4. The average molecular weight is 263 g/mol. The molecule has 2 rings (SSSR count). The number of nitrogen functional groups attached to an aromatic ring is 1. The molecule has 0 bridgehead atoms. The molecule has 0 atom stereocenters. The minimum atomic E-state index is -0.329. The molecule has 0 aliphatic carbocycles. The van der Waals surface area contributed by atoms with E-state index in [0.717, 1.165) is 0 Å². The lowest BCUT2D eigenvalue weighted by Crippen LogP contribution is -2.17. The van der Waals surface area contributed by atoms with Gasteiger partial charge in [-0.1, -0.05) is 20.8 Å². The second-order valence-electron chi connectivity index (χ2n) is 5.72. The summed E-state index contributed by atoms with van der Waals surface area (Å²) in [6.45, 7) is 7.65. The van der Waals surface area contributed by atoms with Crippen LogP contribution < -0.4 is 11.3 Å². The van der Waals surface area contributed by atoms with Crippen LogP contribution >= 0.6 is 0 Å². The molecular weight excluding hydrogens is 245 g/mol. The molecule has 0 aliphatic rings. The Morgan fingerprint density at radius 1 is 1.32 bits per heavy atom. The Bertz CT molecular complexity index is 677. The third kappa shape index (κ3) is 2.28. The zero-order chi connectivity index (χ0) is 14.4. The van der Waals surface area contributed by atoms with Crippen molar-refractivity contribution >= 4 is 5.69 Å². The molecule has 4 nitrogen and oxygen atoms in total. The normalized spacial score (nSPS) is 11.8. The molecule has 0 saturated heterocycles. The lowest BCUT2D eigenvalue weighted by Gasteiger charge is -2.16. The van der Waals surface area contributed by atoms with Crippen LogP contribution in [0, 0.1) is 12.7 Å². The van der Waals surface area contributed by atoms with Gasteiger partial charge in [-0.05, 0) is 30.7 Å². The Hall–Kier alpha value is -2.04. The van der Waals surface area contributed by atoms with E-state index >= 15 is 0 Å². The zero-order valence-corrected chi connectivity index (χ0v) is 11.5. The number of aromatic amines is 1. The van der Waals surface area contributed by atoms with Crippen molar-refractivity contribution in [1.29, 1.82) is 0 Å². The highest BCUT2D eigenvalue weighted by Crippen LogP contribution is 2.25. The number of nitrogens with two attached hydrogens (primary N) is 1. The van der Waals surface area contributed by atoms with Crippen molar-refractivity contribution in [3.05, 3.63) is 45.6 Å². The number of benzene rings is 1. The van der Waals surface area contributed by atoms with E-state index in [4.69, 9.17) is 5.73 Å². The summed E-state index contributed by atoms with van der Waals surface area (Å²) < 4.78 is 14.5. The van der Waals surface area contributed by atoms with Gasteiger partial charge < -0.3 is 5.73 Å². The van der Waals surface area contributed by atoms with Crippen molar-refractivity contribution < 1.29 is 4.39 Å². The summed E-state index contributed by atoms with van der Waals surface area (Å²) in [6.07, 6.45) is 0. The third-order valence-electron chi connectivity index (χ3n) is 3.08. The summed E-state index contributed by atoms with van der Waals surface area (Å²) in [5.74, 6) is -0.329. The first-order chi connectivity index (χ1) is 8.71. The van der Waals surface area contributed by atoms with Gasteiger partial charge in [-0.3, -0.25) is 9.89 Å². The van der Waals surface area contributed by atoms with Crippen LogP contribution in [-0.2, 0) is 5.41 Å². The van der Waals surface area contributed by atoms with Gasteiger partial charge in [0.25, 0.3) is 5.56 Å². The molecule has 102 valence electrons. The SMILES string of the molecule is Cc1cc(F)ccc1-n1[nH]c(C(C)(C)C)c(N)c1=O. The summed E-state index contributed by atoms with van der Waals surface area (Å²) in [7, 11) is 0. The van der Waals surface area contributed by atoms with Gasteiger partial charge in [-0.25, -0.2) is 9.07 Å². The number of H-pyrrole nitrogens is 1. The number of rotatable bonds is 1. The Morgan fingerprint density at radius 3 is 2.42 bits per heavy atom. The summed E-state index contributed by atoms with van der Waals surface area (Å²) in [6, 6.07) is 4.27. The smallest absolute Gasteiger partial charge is 0.294 e. The van der Waals surface area contributed by atoms with Crippen molar-refractivity contribution in [2.75, 3.05) is 5.73 Å². The summed E-state index contributed by atoms with van der Waals surface area (Å²) >= 11 is 0.